The van der Waals surface area contributed by atoms with E-state index in [-0.39, 0.29) is 29.9 Å². The molecule has 0 bridgehead atoms. The summed E-state index contributed by atoms with van der Waals surface area (Å²) in [5.41, 5.74) is -0.742. The van der Waals surface area contributed by atoms with Crippen molar-refractivity contribution in [2.24, 2.45) is 5.92 Å². The number of aromatic amines is 1. The fourth-order valence-corrected chi connectivity index (χ4v) is 4.60. The predicted molar refractivity (Wildman–Crippen MR) is 111 cm³/mol. The van der Waals surface area contributed by atoms with E-state index in [0.29, 0.717) is 43.2 Å². The largest absolute Gasteiger partial charge is 0.381 e. The van der Waals surface area contributed by atoms with Gasteiger partial charge in [-0.2, -0.15) is 5.10 Å². The van der Waals surface area contributed by atoms with Crippen LogP contribution < -0.4 is 5.56 Å². The minimum atomic E-state index is -1.76. The maximum atomic E-state index is 16.3. The van der Waals surface area contributed by atoms with Gasteiger partial charge in [0.05, 0.1) is 12.2 Å². The normalized spacial score (nSPS) is 25.5. The lowest BCUT2D eigenvalue weighted by Crippen LogP contribution is -2.34. The molecule has 2 aliphatic rings. The van der Waals surface area contributed by atoms with E-state index in [0.717, 1.165) is 18.4 Å². The number of alkyl halides is 1. The molecule has 31 heavy (non-hydrogen) atoms. The van der Waals surface area contributed by atoms with Gasteiger partial charge in [-0.1, -0.05) is 6.92 Å². The van der Waals surface area contributed by atoms with Crippen molar-refractivity contribution in [3.8, 4) is 0 Å². The molecule has 2 atom stereocenters. The highest BCUT2D eigenvalue weighted by Gasteiger charge is 2.48. The van der Waals surface area contributed by atoms with Gasteiger partial charge in [-0.15, -0.1) is 0 Å². The second kappa shape index (κ2) is 7.76. The molecule has 0 unspecified atom stereocenters. The summed E-state index contributed by atoms with van der Waals surface area (Å²) < 4.78 is 23.5. The zero-order chi connectivity index (χ0) is 21.6. The minimum Gasteiger partial charge on any atom is -0.381 e. The van der Waals surface area contributed by atoms with Crippen molar-refractivity contribution in [2.45, 2.75) is 44.9 Å². The van der Waals surface area contributed by atoms with Crippen LogP contribution in [0, 0.1) is 12.8 Å². The number of ether oxygens (including phenoxy) is 1. The topological polar surface area (TPSA) is 102 Å². The number of likely N-dealkylation sites (tertiary alicyclic amines) is 1. The SMILES string of the molecule is Cc1ncc(CN2C[C@@H](C)[C@](F)(c3nc4c(cnn4C4CCOCC4)c(=O)[nH]3)C2)cn1. The van der Waals surface area contributed by atoms with E-state index >= 15 is 4.39 Å². The number of aryl methyl sites for hydroxylation is 1. The highest BCUT2D eigenvalue weighted by Crippen LogP contribution is 2.39. The first-order chi connectivity index (χ1) is 14.9. The van der Waals surface area contributed by atoms with E-state index in [1.807, 2.05) is 18.7 Å². The quantitative estimate of drug-likeness (QED) is 0.678. The summed E-state index contributed by atoms with van der Waals surface area (Å²) >= 11 is 0. The maximum Gasteiger partial charge on any atom is 0.262 e. The number of nitrogens with zero attached hydrogens (tertiary/aromatic N) is 6. The molecule has 0 amide bonds. The fourth-order valence-electron chi connectivity index (χ4n) is 4.60. The van der Waals surface area contributed by atoms with E-state index in [1.165, 1.54) is 6.20 Å². The Morgan fingerprint density at radius 2 is 2.00 bits per heavy atom. The molecule has 2 fully saturated rings. The van der Waals surface area contributed by atoms with Gasteiger partial charge in [-0.05, 0) is 19.8 Å². The molecule has 0 saturated carbocycles. The Morgan fingerprint density at radius 3 is 2.74 bits per heavy atom. The molecule has 0 radical (unpaired) electrons. The lowest BCUT2D eigenvalue weighted by Gasteiger charge is -2.24. The zero-order valence-electron chi connectivity index (χ0n) is 17.7. The number of fused-ring (bicyclic) bond motifs is 1. The van der Waals surface area contributed by atoms with Gasteiger partial charge in [-0.25, -0.2) is 24.0 Å². The number of H-pyrrole nitrogens is 1. The molecular weight excluding hydrogens is 401 g/mol. The molecule has 0 aromatic carbocycles. The molecule has 2 saturated heterocycles. The molecule has 3 aromatic rings. The van der Waals surface area contributed by atoms with Crippen LogP contribution in [0.15, 0.2) is 23.4 Å². The Morgan fingerprint density at radius 1 is 1.26 bits per heavy atom. The average Bonchev–Trinajstić information content (AvgIpc) is 3.32. The molecule has 5 heterocycles. The van der Waals surface area contributed by atoms with E-state index in [9.17, 15) is 4.79 Å². The van der Waals surface area contributed by atoms with E-state index < -0.39 is 5.67 Å². The Labute approximate surface area is 178 Å². The van der Waals surface area contributed by atoms with E-state index in [2.05, 4.69) is 25.0 Å². The van der Waals surface area contributed by atoms with Gasteiger partial charge in [0.15, 0.2) is 17.1 Å². The molecule has 10 heteroatoms. The third-order valence-electron chi connectivity index (χ3n) is 6.40. The summed E-state index contributed by atoms with van der Waals surface area (Å²) in [4.78, 5) is 30.5. The van der Waals surface area contributed by atoms with Gasteiger partial charge in [-0.3, -0.25) is 9.69 Å². The minimum absolute atomic E-state index is 0.0777. The zero-order valence-corrected chi connectivity index (χ0v) is 17.7. The standard InChI is InChI=1S/C21H26FN7O2/c1-13-10-28(11-15-7-23-14(2)24-8-15)12-21(13,22)20-26-18-17(19(30)27-20)9-25-29(18)16-3-5-31-6-4-16/h7-9,13,16H,3-6,10-12H2,1-2H3,(H,26,27,30)/t13-,21+/m1/s1. The van der Waals surface area contributed by atoms with E-state index in [1.54, 1.807) is 17.1 Å². The smallest absolute Gasteiger partial charge is 0.262 e. The highest BCUT2D eigenvalue weighted by molar-refractivity contribution is 5.73. The Hall–Kier alpha value is -2.72. The average molecular weight is 427 g/mol. The Bertz CT molecular complexity index is 1140. The van der Waals surface area contributed by atoms with Crippen molar-refractivity contribution in [3.05, 3.63) is 46.2 Å². The predicted octanol–water partition coefficient (Wildman–Crippen LogP) is 1.89. The number of rotatable bonds is 4. The maximum absolute atomic E-state index is 16.3. The van der Waals surface area contributed by atoms with Crippen molar-refractivity contribution in [2.75, 3.05) is 26.3 Å². The van der Waals surface area contributed by atoms with Gasteiger partial charge in [0.2, 0.25) is 0 Å². The summed E-state index contributed by atoms with van der Waals surface area (Å²) in [7, 11) is 0. The number of aromatic nitrogens is 6. The van der Waals surface area contributed by atoms with Gasteiger partial charge >= 0.3 is 0 Å². The Balaban J connectivity index is 1.46. The molecule has 0 aliphatic carbocycles. The van der Waals surface area contributed by atoms with Crippen LogP contribution in [-0.4, -0.2) is 60.9 Å². The van der Waals surface area contributed by atoms with Crippen molar-refractivity contribution in [3.63, 3.8) is 0 Å². The van der Waals surface area contributed by atoms with Crippen LogP contribution in [0.1, 0.15) is 43.0 Å². The van der Waals surface area contributed by atoms with Gasteiger partial charge in [0, 0.05) is 56.7 Å². The van der Waals surface area contributed by atoms with Gasteiger partial charge in [0.1, 0.15) is 11.2 Å². The van der Waals surface area contributed by atoms with Gasteiger partial charge in [0.25, 0.3) is 5.56 Å². The number of halogens is 1. The molecule has 0 spiro atoms. The summed E-state index contributed by atoms with van der Waals surface area (Å²) in [6, 6.07) is 0.1000. The van der Waals surface area contributed by atoms with Crippen molar-refractivity contribution < 1.29 is 9.13 Å². The second-order valence-electron chi connectivity index (χ2n) is 8.66. The van der Waals surface area contributed by atoms with Crippen LogP contribution in [0.4, 0.5) is 4.39 Å². The van der Waals surface area contributed by atoms with Crippen LogP contribution in [0.5, 0.6) is 0 Å². The molecule has 1 N–H and O–H groups in total. The van der Waals surface area contributed by atoms with E-state index in [4.69, 9.17) is 4.74 Å². The highest BCUT2D eigenvalue weighted by atomic mass is 19.1. The molecule has 3 aromatic heterocycles. The van der Waals surface area contributed by atoms with Crippen LogP contribution >= 0.6 is 0 Å². The monoisotopic (exact) mass is 427 g/mol. The van der Waals surface area contributed by atoms with Crippen LogP contribution in [-0.2, 0) is 17.0 Å². The molecular formula is C21H26FN7O2. The second-order valence-corrected chi connectivity index (χ2v) is 8.66. The first-order valence-corrected chi connectivity index (χ1v) is 10.7. The first-order valence-electron chi connectivity index (χ1n) is 10.7. The summed E-state index contributed by atoms with van der Waals surface area (Å²) in [5.74, 6) is 0.447. The molecule has 5 rings (SSSR count). The third-order valence-corrected chi connectivity index (χ3v) is 6.40. The summed E-state index contributed by atoms with van der Waals surface area (Å²) in [5, 5.41) is 4.79. The van der Waals surface area contributed by atoms with Crippen molar-refractivity contribution >= 4 is 11.0 Å². The number of hydrogen-bond donors (Lipinski definition) is 1. The Kier molecular flexibility index (Phi) is 5.05. The number of hydrogen-bond acceptors (Lipinski definition) is 7. The fraction of sp³-hybridized carbons (Fsp3) is 0.571. The number of nitrogens with one attached hydrogen (secondary N) is 1. The third kappa shape index (κ3) is 3.63. The van der Waals surface area contributed by atoms with Gasteiger partial charge < -0.3 is 9.72 Å². The molecule has 2 aliphatic heterocycles. The lowest BCUT2D eigenvalue weighted by molar-refractivity contribution is 0.0672. The summed E-state index contributed by atoms with van der Waals surface area (Å²) in [6.45, 7) is 6.20. The lowest BCUT2D eigenvalue weighted by atomic mass is 9.93. The molecule has 9 nitrogen and oxygen atoms in total. The van der Waals surface area contributed by atoms with Crippen LogP contribution in [0.3, 0.4) is 0 Å². The summed E-state index contributed by atoms with van der Waals surface area (Å²) in [6.07, 6.45) is 6.65. The van der Waals surface area contributed by atoms with Crippen molar-refractivity contribution in [1.82, 2.24) is 34.6 Å². The van der Waals surface area contributed by atoms with Crippen LogP contribution in [0.2, 0.25) is 0 Å². The van der Waals surface area contributed by atoms with Crippen molar-refractivity contribution in [1.29, 1.82) is 0 Å². The van der Waals surface area contributed by atoms with Crippen LogP contribution in [0.25, 0.3) is 11.0 Å². The molecule has 164 valence electrons. The first kappa shape index (κ1) is 20.2.